The van der Waals surface area contributed by atoms with E-state index in [1.54, 1.807) is 46.0 Å². The summed E-state index contributed by atoms with van der Waals surface area (Å²) in [5.74, 6) is 0.0411. The number of nitrogens with zero attached hydrogens (tertiary/aromatic N) is 4. The Morgan fingerprint density at radius 3 is 2.77 bits per heavy atom. The van der Waals surface area contributed by atoms with Crippen molar-refractivity contribution >= 4 is 17.2 Å². The number of carbonyl (C=O) groups is 1. The van der Waals surface area contributed by atoms with E-state index in [1.165, 1.54) is 0 Å². The van der Waals surface area contributed by atoms with Crippen LogP contribution in [-0.2, 0) is 0 Å². The fourth-order valence-electron chi connectivity index (χ4n) is 2.60. The summed E-state index contributed by atoms with van der Waals surface area (Å²) >= 11 is 0. The number of ether oxygens (including phenoxy) is 1. The van der Waals surface area contributed by atoms with Gasteiger partial charge in [-0.05, 0) is 33.8 Å². The Bertz CT molecular complexity index is 1000. The molecule has 3 heterocycles. The molecule has 2 N–H and O–H groups in total. The van der Waals surface area contributed by atoms with Crippen LogP contribution in [-0.4, -0.2) is 31.2 Å². The summed E-state index contributed by atoms with van der Waals surface area (Å²) in [6.07, 6.45) is 6.49. The van der Waals surface area contributed by atoms with Gasteiger partial charge >= 0.3 is 0 Å². The van der Waals surface area contributed by atoms with Crippen molar-refractivity contribution in [2.24, 2.45) is 0 Å². The zero-order valence-corrected chi connectivity index (χ0v) is 15.2. The van der Waals surface area contributed by atoms with Gasteiger partial charge in [-0.3, -0.25) is 10.2 Å². The number of carbonyl (C=O) groups excluding carboxylic acids is 1. The van der Waals surface area contributed by atoms with E-state index < -0.39 is 0 Å². The molecule has 136 valence electrons. The van der Waals surface area contributed by atoms with Crippen LogP contribution in [0.25, 0.3) is 5.65 Å². The Labute approximate surface area is 151 Å². The van der Waals surface area contributed by atoms with Gasteiger partial charge in [0, 0.05) is 30.7 Å². The molecule has 0 bridgehead atoms. The molecule has 8 heteroatoms. The Morgan fingerprint density at radius 2 is 2.08 bits per heavy atom. The van der Waals surface area contributed by atoms with Crippen LogP contribution in [0.3, 0.4) is 0 Å². The number of fused-ring (bicyclic) bond motifs is 1. The van der Waals surface area contributed by atoms with E-state index in [0.717, 1.165) is 0 Å². The van der Waals surface area contributed by atoms with E-state index in [9.17, 15) is 4.79 Å². The molecule has 8 nitrogen and oxygen atoms in total. The van der Waals surface area contributed by atoms with Gasteiger partial charge in [-0.2, -0.15) is 5.10 Å². The van der Waals surface area contributed by atoms with Gasteiger partial charge in [-0.1, -0.05) is 0 Å². The molecule has 26 heavy (non-hydrogen) atoms. The van der Waals surface area contributed by atoms with E-state index in [2.05, 4.69) is 15.4 Å². The van der Waals surface area contributed by atoms with Crippen LogP contribution in [0.1, 0.15) is 44.1 Å². The number of hydrogen-bond acceptors (Lipinski definition) is 5. The van der Waals surface area contributed by atoms with Crippen molar-refractivity contribution in [2.75, 3.05) is 5.32 Å². The lowest BCUT2D eigenvalue weighted by Crippen LogP contribution is -2.26. The Kier molecular flexibility index (Phi) is 4.75. The van der Waals surface area contributed by atoms with E-state index in [1.807, 2.05) is 27.7 Å². The third kappa shape index (κ3) is 3.44. The largest absolute Gasteiger partial charge is 0.490 e. The van der Waals surface area contributed by atoms with E-state index in [-0.39, 0.29) is 23.5 Å². The highest BCUT2D eigenvalue weighted by Gasteiger charge is 2.18. The second-order valence-corrected chi connectivity index (χ2v) is 6.50. The van der Waals surface area contributed by atoms with Crippen molar-refractivity contribution in [3.63, 3.8) is 0 Å². The average Bonchev–Trinajstić information content (AvgIpc) is 2.97. The SMILES string of the molecule is CC(C)Oc1cc(=N)n(C(C)C)cc1C(=O)Nc1cnn2cccnc12. The quantitative estimate of drug-likeness (QED) is 0.736. The number of amides is 1. The Morgan fingerprint density at radius 1 is 1.31 bits per heavy atom. The number of hydrogen-bond donors (Lipinski definition) is 2. The van der Waals surface area contributed by atoms with E-state index in [4.69, 9.17) is 10.1 Å². The summed E-state index contributed by atoms with van der Waals surface area (Å²) in [6.45, 7) is 7.67. The first-order valence-electron chi connectivity index (χ1n) is 8.44. The fraction of sp³-hybridized carbons (Fsp3) is 0.333. The number of aromatic nitrogens is 4. The number of nitrogens with one attached hydrogen (secondary N) is 2. The summed E-state index contributed by atoms with van der Waals surface area (Å²) in [6, 6.07) is 3.38. The molecule has 0 unspecified atom stereocenters. The molecule has 3 aromatic heterocycles. The maximum Gasteiger partial charge on any atom is 0.261 e. The highest BCUT2D eigenvalue weighted by Crippen LogP contribution is 2.22. The van der Waals surface area contributed by atoms with Gasteiger partial charge in [0.15, 0.2) is 5.65 Å². The molecular weight excluding hydrogens is 332 g/mol. The first kappa shape index (κ1) is 17.7. The van der Waals surface area contributed by atoms with Gasteiger partial charge in [0.05, 0.1) is 17.9 Å². The molecule has 0 atom stereocenters. The first-order chi connectivity index (χ1) is 12.4. The second-order valence-electron chi connectivity index (χ2n) is 6.50. The zero-order chi connectivity index (χ0) is 18.8. The summed E-state index contributed by atoms with van der Waals surface area (Å²) in [4.78, 5) is 17.2. The lowest BCUT2D eigenvalue weighted by Gasteiger charge is -2.18. The molecule has 0 aliphatic heterocycles. The van der Waals surface area contributed by atoms with Crippen molar-refractivity contribution in [1.82, 2.24) is 19.2 Å². The number of rotatable bonds is 5. The molecule has 0 aliphatic rings. The van der Waals surface area contributed by atoms with Gasteiger partial charge in [-0.15, -0.1) is 0 Å². The summed E-state index contributed by atoms with van der Waals surface area (Å²) in [7, 11) is 0. The van der Waals surface area contributed by atoms with Crippen LogP contribution in [0.4, 0.5) is 5.69 Å². The standard InChI is InChI=1S/C18H22N6O2/c1-11(2)23-10-13(15(8-16(23)19)26-12(3)4)18(25)22-14-9-21-24-7-5-6-20-17(14)24/h5-12,19H,1-4H3,(H,22,25). The predicted octanol–water partition coefficient (Wildman–Crippen LogP) is 2.63. The van der Waals surface area contributed by atoms with E-state index >= 15 is 0 Å². The minimum atomic E-state index is -0.337. The second kappa shape index (κ2) is 6.99. The van der Waals surface area contributed by atoms with Gasteiger partial charge < -0.3 is 14.6 Å². The van der Waals surface area contributed by atoms with Crippen molar-refractivity contribution in [3.05, 3.63) is 48.0 Å². The molecule has 3 rings (SSSR count). The van der Waals surface area contributed by atoms with Crippen LogP contribution >= 0.6 is 0 Å². The van der Waals surface area contributed by atoms with Crippen LogP contribution < -0.4 is 15.5 Å². The fourth-order valence-corrected chi connectivity index (χ4v) is 2.60. The summed E-state index contributed by atoms with van der Waals surface area (Å²) < 4.78 is 9.06. The van der Waals surface area contributed by atoms with Gasteiger partial charge in [0.2, 0.25) is 0 Å². The molecule has 0 radical (unpaired) electrons. The lowest BCUT2D eigenvalue weighted by atomic mass is 10.2. The minimum absolute atomic E-state index is 0.0424. The third-order valence-electron chi connectivity index (χ3n) is 3.77. The minimum Gasteiger partial charge on any atom is -0.490 e. The Balaban J connectivity index is 2.01. The molecule has 0 spiro atoms. The van der Waals surface area contributed by atoms with Gasteiger partial charge in [0.1, 0.15) is 16.9 Å². The maximum atomic E-state index is 12.9. The molecule has 0 saturated heterocycles. The van der Waals surface area contributed by atoms with Crippen molar-refractivity contribution in [2.45, 2.75) is 39.8 Å². The number of pyridine rings is 1. The molecular formula is C18H22N6O2. The molecule has 1 amide bonds. The van der Waals surface area contributed by atoms with Crippen molar-refractivity contribution < 1.29 is 9.53 Å². The Hall–Kier alpha value is -3.16. The van der Waals surface area contributed by atoms with Gasteiger partial charge in [-0.25, -0.2) is 9.50 Å². The number of anilines is 1. The highest BCUT2D eigenvalue weighted by atomic mass is 16.5. The molecule has 0 saturated carbocycles. The first-order valence-corrected chi connectivity index (χ1v) is 8.44. The molecule has 0 aromatic carbocycles. The van der Waals surface area contributed by atoms with Crippen molar-refractivity contribution in [3.8, 4) is 5.75 Å². The summed E-state index contributed by atoms with van der Waals surface area (Å²) in [5, 5.41) is 15.2. The molecule has 0 fully saturated rings. The third-order valence-corrected chi connectivity index (χ3v) is 3.77. The highest BCUT2D eigenvalue weighted by molar-refractivity contribution is 6.07. The van der Waals surface area contributed by atoms with E-state index in [0.29, 0.717) is 22.6 Å². The lowest BCUT2D eigenvalue weighted by molar-refractivity contribution is 0.102. The smallest absolute Gasteiger partial charge is 0.261 e. The van der Waals surface area contributed by atoms with Crippen LogP contribution in [0.15, 0.2) is 36.9 Å². The van der Waals surface area contributed by atoms with Gasteiger partial charge in [0.25, 0.3) is 5.91 Å². The average molecular weight is 354 g/mol. The summed E-state index contributed by atoms with van der Waals surface area (Å²) in [5.41, 5.74) is 1.71. The zero-order valence-electron chi connectivity index (χ0n) is 15.2. The normalized spacial score (nSPS) is 11.3. The van der Waals surface area contributed by atoms with Crippen LogP contribution in [0, 0.1) is 5.41 Å². The maximum absolute atomic E-state index is 12.9. The molecule has 3 aromatic rings. The topological polar surface area (TPSA) is 97.3 Å². The van der Waals surface area contributed by atoms with Crippen LogP contribution in [0.5, 0.6) is 5.75 Å². The predicted molar refractivity (Wildman–Crippen MR) is 97.4 cm³/mol. The van der Waals surface area contributed by atoms with Crippen molar-refractivity contribution in [1.29, 1.82) is 5.41 Å². The van der Waals surface area contributed by atoms with Crippen LogP contribution in [0.2, 0.25) is 0 Å². The monoisotopic (exact) mass is 354 g/mol. The molecule has 0 aliphatic carbocycles.